The molecule has 1 rings (SSSR count). The van der Waals surface area contributed by atoms with Crippen LogP contribution < -0.4 is 10.4 Å². The predicted molar refractivity (Wildman–Crippen MR) is 93.2 cm³/mol. The first kappa shape index (κ1) is 17.6. The van der Waals surface area contributed by atoms with Crippen LogP contribution in [0.25, 0.3) is 0 Å². The average Bonchev–Trinajstić information content (AvgIpc) is 2.43. The van der Waals surface area contributed by atoms with Gasteiger partial charge in [0.2, 0.25) is 16.6 Å². The van der Waals surface area contributed by atoms with Gasteiger partial charge in [-0.2, -0.15) is 0 Å². The van der Waals surface area contributed by atoms with Crippen molar-refractivity contribution >= 4 is 27.0 Å². The highest BCUT2D eigenvalue weighted by Gasteiger charge is 2.28. The zero-order valence-electron chi connectivity index (χ0n) is 14.0. The molecule has 2 nitrogen and oxygen atoms in total. The second-order valence-electron chi connectivity index (χ2n) is 6.29. The van der Waals surface area contributed by atoms with E-state index in [4.69, 9.17) is 8.85 Å². The van der Waals surface area contributed by atoms with Gasteiger partial charge in [-0.3, -0.25) is 0 Å². The van der Waals surface area contributed by atoms with Crippen LogP contribution in [0.5, 0.6) is 0 Å². The lowest BCUT2D eigenvalue weighted by atomic mass is 10.4. The number of hydrogen-bond donors (Lipinski definition) is 0. The van der Waals surface area contributed by atoms with Crippen LogP contribution in [0.15, 0.2) is 24.3 Å². The molecule has 20 heavy (non-hydrogen) atoms. The number of hydrogen-bond acceptors (Lipinski definition) is 2. The van der Waals surface area contributed by atoms with Crippen LogP contribution >= 0.6 is 0 Å². The molecule has 0 radical (unpaired) electrons. The maximum Gasteiger partial charge on any atom is 0.218 e. The van der Waals surface area contributed by atoms with E-state index in [-0.39, 0.29) is 0 Å². The van der Waals surface area contributed by atoms with Gasteiger partial charge in [-0.25, -0.2) is 0 Å². The fourth-order valence-corrected chi connectivity index (χ4v) is 5.86. The van der Waals surface area contributed by atoms with Crippen LogP contribution in [0.2, 0.25) is 26.2 Å². The molecule has 0 saturated heterocycles. The quantitative estimate of drug-likeness (QED) is 0.686. The Labute approximate surface area is 126 Å². The van der Waals surface area contributed by atoms with Gasteiger partial charge in [0.15, 0.2) is 0 Å². The molecule has 0 spiro atoms. The minimum atomic E-state index is -1.73. The minimum absolute atomic E-state index is 0.862. The van der Waals surface area contributed by atoms with E-state index in [1.54, 1.807) is 0 Å². The Hall–Kier alpha value is -0.426. The van der Waals surface area contributed by atoms with Crippen LogP contribution in [-0.2, 0) is 8.85 Å². The summed E-state index contributed by atoms with van der Waals surface area (Å²) >= 11 is 0. The van der Waals surface area contributed by atoms with Crippen molar-refractivity contribution in [1.29, 1.82) is 0 Å². The number of benzene rings is 1. The SMILES string of the molecule is CCCO[Si](C)(C)c1ccc([Si](C)(C)OCCC)cc1. The highest BCUT2D eigenvalue weighted by Crippen LogP contribution is 2.09. The number of rotatable bonds is 8. The molecule has 0 atom stereocenters. The molecule has 1 aromatic carbocycles. The second-order valence-corrected chi connectivity index (χ2v) is 14.1. The summed E-state index contributed by atoms with van der Waals surface area (Å²) < 4.78 is 12.1. The molecule has 0 heterocycles. The fraction of sp³-hybridized carbons (Fsp3) is 0.625. The van der Waals surface area contributed by atoms with E-state index in [2.05, 4.69) is 64.3 Å². The molecule has 0 aliphatic rings. The zero-order chi connectivity index (χ0) is 15.2. The lowest BCUT2D eigenvalue weighted by molar-refractivity contribution is 0.315. The van der Waals surface area contributed by atoms with E-state index in [1.165, 1.54) is 10.4 Å². The van der Waals surface area contributed by atoms with Gasteiger partial charge in [0.1, 0.15) is 0 Å². The lowest BCUT2D eigenvalue weighted by Gasteiger charge is -2.26. The third-order valence-corrected chi connectivity index (χ3v) is 8.91. The molecule has 4 heteroatoms. The van der Waals surface area contributed by atoms with Crippen LogP contribution in [-0.4, -0.2) is 29.8 Å². The van der Waals surface area contributed by atoms with Crippen LogP contribution in [0.3, 0.4) is 0 Å². The summed E-state index contributed by atoms with van der Waals surface area (Å²) in [5.41, 5.74) is 0. The molecule has 0 fully saturated rings. The summed E-state index contributed by atoms with van der Waals surface area (Å²) in [6, 6.07) is 9.01. The van der Waals surface area contributed by atoms with E-state index in [0.717, 1.165) is 26.1 Å². The van der Waals surface area contributed by atoms with Crippen molar-refractivity contribution in [2.24, 2.45) is 0 Å². The van der Waals surface area contributed by atoms with E-state index in [1.807, 2.05) is 0 Å². The summed E-state index contributed by atoms with van der Waals surface area (Å²) in [5, 5.41) is 2.74. The van der Waals surface area contributed by atoms with Crippen molar-refractivity contribution in [3.8, 4) is 0 Å². The normalized spacial score (nSPS) is 12.7. The molecule has 0 aliphatic carbocycles. The molecule has 0 unspecified atom stereocenters. The Morgan fingerprint density at radius 2 is 1.00 bits per heavy atom. The van der Waals surface area contributed by atoms with Gasteiger partial charge < -0.3 is 8.85 Å². The molecule has 0 bridgehead atoms. The van der Waals surface area contributed by atoms with Crippen molar-refractivity contribution < 1.29 is 8.85 Å². The molecule has 1 aromatic rings. The maximum atomic E-state index is 6.07. The van der Waals surface area contributed by atoms with E-state index >= 15 is 0 Å². The van der Waals surface area contributed by atoms with Gasteiger partial charge >= 0.3 is 0 Å². The molecular weight excluding hydrogens is 280 g/mol. The Kier molecular flexibility index (Phi) is 6.65. The minimum Gasteiger partial charge on any atom is -0.413 e. The van der Waals surface area contributed by atoms with Crippen LogP contribution in [0.1, 0.15) is 26.7 Å². The summed E-state index contributed by atoms with van der Waals surface area (Å²) in [7, 11) is -3.47. The fourth-order valence-electron chi connectivity index (χ4n) is 2.15. The molecule has 0 aromatic heterocycles. The highest BCUT2D eigenvalue weighted by atomic mass is 28.4. The monoisotopic (exact) mass is 310 g/mol. The summed E-state index contributed by atoms with van der Waals surface area (Å²) in [6.45, 7) is 15.1. The topological polar surface area (TPSA) is 18.5 Å². The highest BCUT2D eigenvalue weighted by molar-refractivity contribution is 6.86. The Morgan fingerprint density at radius 1 is 0.700 bits per heavy atom. The average molecular weight is 311 g/mol. The molecule has 0 N–H and O–H groups in total. The van der Waals surface area contributed by atoms with E-state index in [0.29, 0.717) is 0 Å². The Balaban J connectivity index is 2.82. The standard InChI is InChI=1S/C16H30O2Si2/c1-7-13-17-19(3,4)15-9-11-16(12-10-15)20(5,6)18-14-8-2/h9-12H,7-8,13-14H2,1-6H3. The molecule has 114 valence electrons. The molecule has 0 saturated carbocycles. The van der Waals surface area contributed by atoms with Gasteiger partial charge in [0.05, 0.1) is 0 Å². The van der Waals surface area contributed by atoms with Crippen LogP contribution in [0, 0.1) is 0 Å². The third kappa shape index (κ3) is 4.84. The van der Waals surface area contributed by atoms with Gasteiger partial charge in [-0.1, -0.05) is 38.1 Å². The summed E-state index contributed by atoms with van der Waals surface area (Å²) in [4.78, 5) is 0. The lowest BCUT2D eigenvalue weighted by Crippen LogP contribution is -2.48. The molecule has 0 aliphatic heterocycles. The van der Waals surface area contributed by atoms with Gasteiger partial charge in [0.25, 0.3) is 0 Å². The Bertz CT molecular complexity index is 360. The van der Waals surface area contributed by atoms with Crippen molar-refractivity contribution in [2.75, 3.05) is 13.2 Å². The van der Waals surface area contributed by atoms with Crippen molar-refractivity contribution in [3.05, 3.63) is 24.3 Å². The first-order valence-corrected chi connectivity index (χ1v) is 13.5. The van der Waals surface area contributed by atoms with Crippen molar-refractivity contribution in [1.82, 2.24) is 0 Å². The third-order valence-electron chi connectivity index (χ3n) is 3.61. The zero-order valence-corrected chi connectivity index (χ0v) is 16.0. The first-order chi connectivity index (χ1) is 9.33. The Morgan fingerprint density at radius 3 is 1.25 bits per heavy atom. The smallest absolute Gasteiger partial charge is 0.218 e. The molecule has 0 amide bonds. The summed E-state index contributed by atoms with van der Waals surface area (Å²) in [5.74, 6) is 0. The van der Waals surface area contributed by atoms with Crippen LogP contribution in [0.4, 0.5) is 0 Å². The van der Waals surface area contributed by atoms with Gasteiger partial charge in [-0.05, 0) is 49.4 Å². The van der Waals surface area contributed by atoms with Crippen molar-refractivity contribution in [3.63, 3.8) is 0 Å². The van der Waals surface area contributed by atoms with Crippen molar-refractivity contribution in [2.45, 2.75) is 52.9 Å². The predicted octanol–water partition coefficient (Wildman–Crippen LogP) is 3.36. The second kappa shape index (κ2) is 7.54. The largest absolute Gasteiger partial charge is 0.413 e. The maximum absolute atomic E-state index is 6.07. The molecular formula is C16H30O2Si2. The van der Waals surface area contributed by atoms with Gasteiger partial charge in [0, 0.05) is 13.2 Å². The summed E-state index contributed by atoms with van der Waals surface area (Å²) in [6.07, 6.45) is 2.17. The first-order valence-electron chi connectivity index (χ1n) is 7.72. The van der Waals surface area contributed by atoms with Gasteiger partial charge in [-0.15, -0.1) is 0 Å². The van der Waals surface area contributed by atoms with E-state index < -0.39 is 16.6 Å². The van der Waals surface area contributed by atoms with E-state index in [9.17, 15) is 0 Å².